The van der Waals surface area contributed by atoms with Gasteiger partial charge in [0.15, 0.2) is 11.5 Å². The molecule has 0 fully saturated rings. The number of carbonyl (C=O) groups excluding carboxylic acids is 1. The van der Waals surface area contributed by atoms with Gasteiger partial charge in [-0.15, -0.1) is 0 Å². The van der Waals surface area contributed by atoms with Crippen molar-refractivity contribution in [1.82, 2.24) is 5.43 Å². The van der Waals surface area contributed by atoms with Gasteiger partial charge in [-0.1, -0.05) is 42.5 Å². The number of aromatic hydroxyl groups is 1. The molecule has 0 saturated carbocycles. The van der Waals surface area contributed by atoms with Crippen LogP contribution >= 0.6 is 15.9 Å². The van der Waals surface area contributed by atoms with E-state index < -0.39 is 5.91 Å². The molecule has 0 aliphatic heterocycles. The lowest BCUT2D eigenvalue weighted by atomic mass is 10.2. The van der Waals surface area contributed by atoms with Crippen molar-refractivity contribution in [3.63, 3.8) is 0 Å². The highest BCUT2D eigenvalue weighted by atomic mass is 79.9. The topological polar surface area (TPSA) is 80.2 Å². The van der Waals surface area contributed by atoms with E-state index in [0.29, 0.717) is 28.1 Å². The van der Waals surface area contributed by atoms with E-state index in [1.807, 2.05) is 30.3 Å². The van der Waals surface area contributed by atoms with E-state index >= 15 is 0 Å². The molecule has 0 aliphatic rings. The Hall–Kier alpha value is -3.32. The summed E-state index contributed by atoms with van der Waals surface area (Å²) in [6, 6.07) is 19.6. The Labute approximate surface area is 176 Å². The van der Waals surface area contributed by atoms with Crippen LogP contribution in [0.2, 0.25) is 0 Å². The lowest BCUT2D eigenvalue weighted by Gasteiger charge is -2.13. The van der Waals surface area contributed by atoms with Crippen LogP contribution in [-0.4, -0.2) is 24.3 Å². The van der Waals surface area contributed by atoms with Crippen LogP contribution in [0.15, 0.2) is 76.3 Å². The molecule has 0 heterocycles. The molecule has 0 radical (unpaired) electrons. The van der Waals surface area contributed by atoms with Gasteiger partial charge in [-0.05, 0) is 51.3 Å². The van der Waals surface area contributed by atoms with Gasteiger partial charge < -0.3 is 14.6 Å². The summed E-state index contributed by atoms with van der Waals surface area (Å²) in [6.45, 7) is 0.403. The van der Waals surface area contributed by atoms with E-state index in [0.717, 1.165) is 5.56 Å². The molecular weight excluding hydrogens is 436 g/mol. The second-order valence-corrected chi connectivity index (χ2v) is 6.88. The number of phenols is 1. The Morgan fingerprint density at radius 2 is 1.86 bits per heavy atom. The third-order valence-corrected chi connectivity index (χ3v) is 4.60. The van der Waals surface area contributed by atoms with Crippen LogP contribution in [0.1, 0.15) is 21.5 Å². The maximum absolute atomic E-state index is 12.1. The third kappa shape index (κ3) is 5.36. The number of amides is 1. The highest BCUT2D eigenvalue weighted by molar-refractivity contribution is 9.10. The first-order chi connectivity index (χ1) is 14.1. The maximum Gasteiger partial charge on any atom is 0.275 e. The number of halogens is 1. The van der Waals surface area contributed by atoms with Crippen molar-refractivity contribution in [3.05, 3.63) is 87.9 Å². The second kappa shape index (κ2) is 9.75. The van der Waals surface area contributed by atoms with Crippen LogP contribution in [0.5, 0.6) is 17.2 Å². The molecule has 148 valence electrons. The molecule has 0 bridgehead atoms. The van der Waals surface area contributed by atoms with Gasteiger partial charge in [0.1, 0.15) is 12.4 Å². The van der Waals surface area contributed by atoms with Gasteiger partial charge in [0.2, 0.25) is 0 Å². The summed E-state index contributed by atoms with van der Waals surface area (Å²) in [6.07, 6.45) is 1.48. The van der Waals surface area contributed by atoms with Crippen LogP contribution < -0.4 is 14.9 Å². The Balaban J connectivity index is 1.70. The molecule has 3 rings (SSSR count). The zero-order valence-corrected chi connectivity index (χ0v) is 17.2. The standard InChI is InChI=1S/C22H19BrN2O4/c1-28-20-12-16(13-24-25-22(27)17-9-5-6-10-19(17)26)11-18(23)21(20)29-14-15-7-3-2-4-8-15/h2-13,26H,14H2,1H3,(H,25,27)/b24-13+. The fourth-order valence-electron chi connectivity index (χ4n) is 2.58. The van der Waals surface area contributed by atoms with Crippen molar-refractivity contribution in [3.8, 4) is 17.2 Å². The first-order valence-corrected chi connectivity index (χ1v) is 9.53. The molecule has 1 amide bonds. The highest BCUT2D eigenvalue weighted by Crippen LogP contribution is 2.36. The minimum atomic E-state index is -0.506. The fraction of sp³-hybridized carbons (Fsp3) is 0.0909. The second-order valence-electron chi connectivity index (χ2n) is 6.02. The van der Waals surface area contributed by atoms with Crippen LogP contribution in [0.4, 0.5) is 0 Å². The summed E-state index contributed by atoms with van der Waals surface area (Å²) in [5.41, 5.74) is 4.27. The van der Waals surface area contributed by atoms with E-state index in [1.165, 1.54) is 18.3 Å². The van der Waals surface area contributed by atoms with Crippen LogP contribution in [0.3, 0.4) is 0 Å². The summed E-state index contributed by atoms with van der Waals surface area (Å²) in [4.78, 5) is 12.1. The normalized spacial score (nSPS) is 10.7. The van der Waals surface area contributed by atoms with E-state index in [9.17, 15) is 9.90 Å². The SMILES string of the molecule is COc1cc(/C=N/NC(=O)c2ccccc2O)cc(Br)c1OCc1ccccc1. The highest BCUT2D eigenvalue weighted by Gasteiger charge is 2.12. The predicted molar refractivity (Wildman–Crippen MR) is 115 cm³/mol. The Bertz CT molecular complexity index is 1020. The number of ether oxygens (including phenoxy) is 2. The van der Waals surface area contributed by atoms with Gasteiger partial charge in [-0.3, -0.25) is 4.79 Å². The molecule has 7 heteroatoms. The minimum absolute atomic E-state index is 0.107. The monoisotopic (exact) mass is 454 g/mol. The summed E-state index contributed by atoms with van der Waals surface area (Å²) >= 11 is 3.49. The predicted octanol–water partition coefficient (Wildman–Crippen LogP) is 4.51. The Kier molecular flexibility index (Phi) is 6.86. The molecule has 0 spiro atoms. The molecule has 2 N–H and O–H groups in total. The fourth-order valence-corrected chi connectivity index (χ4v) is 3.15. The van der Waals surface area contributed by atoms with Crippen molar-refractivity contribution >= 4 is 28.1 Å². The number of nitrogens with zero attached hydrogens (tertiary/aromatic N) is 1. The molecule has 0 saturated heterocycles. The van der Waals surface area contributed by atoms with Gasteiger partial charge in [-0.2, -0.15) is 5.10 Å². The summed E-state index contributed by atoms with van der Waals surface area (Å²) in [5, 5.41) is 13.7. The zero-order valence-electron chi connectivity index (χ0n) is 15.6. The molecule has 6 nitrogen and oxygen atoms in total. The van der Waals surface area contributed by atoms with Gasteiger partial charge in [-0.25, -0.2) is 5.43 Å². The minimum Gasteiger partial charge on any atom is -0.507 e. The summed E-state index contributed by atoms with van der Waals surface area (Å²) < 4.78 is 12.0. The maximum atomic E-state index is 12.1. The van der Waals surface area contributed by atoms with E-state index in [1.54, 1.807) is 31.4 Å². The molecule has 29 heavy (non-hydrogen) atoms. The van der Waals surface area contributed by atoms with Gasteiger partial charge >= 0.3 is 0 Å². The van der Waals surface area contributed by atoms with Crippen molar-refractivity contribution in [2.75, 3.05) is 7.11 Å². The van der Waals surface area contributed by atoms with Gasteiger partial charge in [0, 0.05) is 0 Å². The lowest BCUT2D eigenvalue weighted by molar-refractivity contribution is 0.0952. The molecule has 3 aromatic rings. The van der Waals surface area contributed by atoms with Crippen molar-refractivity contribution in [2.45, 2.75) is 6.61 Å². The van der Waals surface area contributed by atoms with Crippen molar-refractivity contribution in [1.29, 1.82) is 0 Å². The van der Waals surface area contributed by atoms with E-state index in [2.05, 4.69) is 26.5 Å². The number of phenolic OH excluding ortho intramolecular Hbond substituents is 1. The number of hydrazone groups is 1. The number of hydrogen-bond acceptors (Lipinski definition) is 5. The number of methoxy groups -OCH3 is 1. The molecule has 0 atom stereocenters. The van der Waals surface area contributed by atoms with Crippen molar-refractivity contribution < 1.29 is 19.4 Å². The largest absolute Gasteiger partial charge is 0.507 e. The Morgan fingerprint density at radius 1 is 1.14 bits per heavy atom. The van der Waals surface area contributed by atoms with E-state index in [4.69, 9.17) is 9.47 Å². The zero-order chi connectivity index (χ0) is 20.6. The molecule has 3 aromatic carbocycles. The number of hydrogen-bond donors (Lipinski definition) is 2. The quantitative estimate of drug-likeness (QED) is 0.406. The summed E-state index contributed by atoms with van der Waals surface area (Å²) in [5.74, 6) is 0.494. The summed E-state index contributed by atoms with van der Waals surface area (Å²) in [7, 11) is 1.55. The number of para-hydroxylation sites is 1. The lowest BCUT2D eigenvalue weighted by Crippen LogP contribution is -2.17. The number of nitrogens with one attached hydrogen (secondary N) is 1. The molecule has 0 aliphatic carbocycles. The molecule has 0 aromatic heterocycles. The van der Waals surface area contributed by atoms with Crippen molar-refractivity contribution in [2.24, 2.45) is 5.10 Å². The van der Waals surface area contributed by atoms with Gasteiger partial charge in [0.25, 0.3) is 5.91 Å². The number of benzene rings is 3. The number of rotatable bonds is 7. The van der Waals surface area contributed by atoms with Crippen LogP contribution in [0.25, 0.3) is 0 Å². The first kappa shape index (κ1) is 20.4. The average molecular weight is 455 g/mol. The van der Waals surface area contributed by atoms with Gasteiger partial charge in [0.05, 0.1) is 23.4 Å². The van der Waals surface area contributed by atoms with E-state index in [-0.39, 0.29) is 11.3 Å². The average Bonchev–Trinajstić information content (AvgIpc) is 2.73. The first-order valence-electron chi connectivity index (χ1n) is 8.74. The molecular formula is C22H19BrN2O4. The van der Waals surface area contributed by atoms with Crippen LogP contribution in [-0.2, 0) is 6.61 Å². The Morgan fingerprint density at radius 3 is 2.59 bits per heavy atom. The third-order valence-electron chi connectivity index (χ3n) is 4.01. The number of carbonyl (C=O) groups is 1. The smallest absolute Gasteiger partial charge is 0.275 e. The molecule has 0 unspecified atom stereocenters. The van der Waals surface area contributed by atoms with Crippen LogP contribution in [0, 0.1) is 0 Å².